The van der Waals surface area contributed by atoms with Gasteiger partial charge in [-0.2, -0.15) is 0 Å². The Hall–Kier alpha value is -2.65. The lowest BCUT2D eigenvalue weighted by atomic mass is 10.2. The summed E-state index contributed by atoms with van der Waals surface area (Å²) in [6.07, 6.45) is 0.755. The van der Waals surface area contributed by atoms with Crippen LogP contribution in [0.1, 0.15) is 30.6 Å². The molecule has 31 heavy (non-hydrogen) atoms. The number of carbonyl (C=O) groups is 2. The third-order valence-corrected chi connectivity index (χ3v) is 5.78. The number of nitrogens with zero attached hydrogens (tertiary/aromatic N) is 3. The van der Waals surface area contributed by atoms with Gasteiger partial charge in [0.15, 0.2) is 11.0 Å². The zero-order valence-corrected chi connectivity index (χ0v) is 19.7. The fourth-order valence-electron chi connectivity index (χ4n) is 2.82. The number of thioether (sulfide) groups is 1. The van der Waals surface area contributed by atoms with Gasteiger partial charge in [0.05, 0.1) is 17.9 Å². The highest BCUT2D eigenvalue weighted by atomic mass is 79.9. The van der Waals surface area contributed by atoms with Crippen LogP contribution < -0.4 is 5.32 Å². The van der Waals surface area contributed by atoms with Crippen molar-refractivity contribution in [2.45, 2.75) is 32.0 Å². The third-order valence-electron chi connectivity index (χ3n) is 4.29. The number of amides is 1. The van der Waals surface area contributed by atoms with E-state index in [4.69, 9.17) is 4.74 Å². The van der Waals surface area contributed by atoms with Crippen LogP contribution in [-0.2, 0) is 16.1 Å². The molecular weight excluding hydrogens is 480 g/mol. The molecule has 1 amide bonds. The molecule has 0 bridgehead atoms. The Bertz CT molecular complexity index is 1050. The van der Waals surface area contributed by atoms with E-state index in [2.05, 4.69) is 31.4 Å². The van der Waals surface area contributed by atoms with Crippen LogP contribution in [0.5, 0.6) is 0 Å². The Kier molecular flexibility index (Phi) is 8.25. The van der Waals surface area contributed by atoms with Crippen molar-refractivity contribution < 1.29 is 14.3 Å². The lowest BCUT2D eigenvalue weighted by molar-refractivity contribution is -0.113. The lowest BCUT2D eigenvalue weighted by Gasteiger charge is -2.09. The Morgan fingerprint density at radius 1 is 1.13 bits per heavy atom. The van der Waals surface area contributed by atoms with E-state index in [1.54, 1.807) is 24.3 Å². The molecule has 0 saturated carbocycles. The number of nitrogens with one attached hydrogen (secondary N) is 1. The summed E-state index contributed by atoms with van der Waals surface area (Å²) in [4.78, 5) is 24.4. The number of esters is 1. The fourth-order valence-corrected chi connectivity index (χ4v) is 3.89. The number of rotatable bonds is 9. The Morgan fingerprint density at radius 2 is 1.90 bits per heavy atom. The molecule has 3 aromatic rings. The van der Waals surface area contributed by atoms with Crippen LogP contribution in [0.3, 0.4) is 0 Å². The van der Waals surface area contributed by atoms with Crippen LogP contribution in [0, 0.1) is 0 Å². The van der Waals surface area contributed by atoms with Gasteiger partial charge in [-0.05, 0) is 43.7 Å². The molecule has 3 rings (SSSR count). The molecule has 0 aliphatic heterocycles. The standard InChI is InChI=1S/C22H23BrN4O3S/c1-3-12-30-21(29)16-6-5-7-18(13-16)24-19(28)14-31-22-26-25-20(27(22)4-2)15-8-10-17(23)11-9-15/h5-11,13H,3-4,12,14H2,1-2H3,(H,24,28). The maximum absolute atomic E-state index is 12.4. The second kappa shape index (κ2) is 11.1. The van der Waals surface area contributed by atoms with Crippen LogP contribution in [0.15, 0.2) is 58.2 Å². The van der Waals surface area contributed by atoms with Crippen LogP contribution >= 0.6 is 27.7 Å². The van der Waals surface area contributed by atoms with Crippen molar-refractivity contribution >= 4 is 45.3 Å². The highest BCUT2D eigenvalue weighted by molar-refractivity contribution is 9.10. The molecule has 0 spiro atoms. The Labute approximate surface area is 193 Å². The molecule has 9 heteroatoms. The van der Waals surface area contributed by atoms with E-state index in [0.717, 1.165) is 22.3 Å². The Morgan fingerprint density at radius 3 is 2.61 bits per heavy atom. The number of hydrogen-bond donors (Lipinski definition) is 1. The molecule has 162 valence electrons. The van der Waals surface area contributed by atoms with Gasteiger partial charge in [-0.3, -0.25) is 4.79 Å². The number of carbonyl (C=O) groups excluding carboxylic acids is 2. The minimum absolute atomic E-state index is 0.170. The molecule has 7 nitrogen and oxygen atoms in total. The molecule has 0 radical (unpaired) electrons. The maximum atomic E-state index is 12.4. The molecule has 1 aromatic heterocycles. The highest BCUT2D eigenvalue weighted by Crippen LogP contribution is 2.25. The number of hydrogen-bond acceptors (Lipinski definition) is 6. The van der Waals surface area contributed by atoms with Gasteiger partial charge in [0.2, 0.25) is 5.91 Å². The first-order chi connectivity index (χ1) is 15.0. The van der Waals surface area contributed by atoms with E-state index in [1.807, 2.05) is 42.7 Å². The van der Waals surface area contributed by atoms with Gasteiger partial charge in [0.25, 0.3) is 0 Å². The molecule has 0 aliphatic carbocycles. The van der Waals surface area contributed by atoms with Crippen LogP contribution in [0.25, 0.3) is 11.4 Å². The van der Waals surface area contributed by atoms with Gasteiger partial charge < -0.3 is 14.6 Å². The number of halogens is 1. The van der Waals surface area contributed by atoms with Gasteiger partial charge in [-0.15, -0.1) is 10.2 Å². The van der Waals surface area contributed by atoms with Crippen molar-refractivity contribution in [3.8, 4) is 11.4 Å². The molecule has 0 saturated heterocycles. The van der Waals surface area contributed by atoms with Crippen molar-refractivity contribution in [1.29, 1.82) is 0 Å². The zero-order valence-electron chi connectivity index (χ0n) is 17.3. The molecule has 0 fully saturated rings. The molecular formula is C22H23BrN4O3S. The number of ether oxygens (including phenoxy) is 1. The Balaban J connectivity index is 1.62. The van der Waals surface area contributed by atoms with Crippen molar-refractivity contribution in [3.05, 3.63) is 58.6 Å². The first-order valence-corrected chi connectivity index (χ1v) is 11.7. The number of benzene rings is 2. The highest BCUT2D eigenvalue weighted by Gasteiger charge is 2.15. The molecule has 1 heterocycles. The predicted molar refractivity (Wildman–Crippen MR) is 125 cm³/mol. The lowest BCUT2D eigenvalue weighted by Crippen LogP contribution is -2.15. The second-order valence-corrected chi connectivity index (χ2v) is 8.47. The average molecular weight is 503 g/mol. The summed E-state index contributed by atoms with van der Waals surface area (Å²) >= 11 is 4.75. The van der Waals surface area contributed by atoms with Gasteiger partial charge in [-0.1, -0.05) is 52.8 Å². The first kappa shape index (κ1) is 23.0. The summed E-state index contributed by atoms with van der Waals surface area (Å²) in [5, 5.41) is 12.0. The van der Waals surface area contributed by atoms with E-state index in [-0.39, 0.29) is 11.7 Å². The summed E-state index contributed by atoms with van der Waals surface area (Å²) in [5.74, 6) is 0.336. The zero-order chi connectivity index (χ0) is 22.2. The van der Waals surface area contributed by atoms with E-state index in [9.17, 15) is 9.59 Å². The van der Waals surface area contributed by atoms with E-state index < -0.39 is 5.97 Å². The minimum Gasteiger partial charge on any atom is -0.462 e. The van der Waals surface area contributed by atoms with E-state index in [0.29, 0.717) is 29.6 Å². The maximum Gasteiger partial charge on any atom is 0.338 e. The first-order valence-electron chi connectivity index (χ1n) is 9.90. The van der Waals surface area contributed by atoms with Crippen LogP contribution in [-0.4, -0.2) is 39.0 Å². The van der Waals surface area contributed by atoms with Crippen molar-refractivity contribution in [2.75, 3.05) is 17.7 Å². The van der Waals surface area contributed by atoms with Gasteiger partial charge >= 0.3 is 5.97 Å². The summed E-state index contributed by atoms with van der Waals surface area (Å²) < 4.78 is 8.11. The van der Waals surface area contributed by atoms with Gasteiger partial charge in [0, 0.05) is 22.3 Å². The van der Waals surface area contributed by atoms with E-state index >= 15 is 0 Å². The molecule has 0 aliphatic rings. The average Bonchev–Trinajstić information content (AvgIpc) is 3.19. The van der Waals surface area contributed by atoms with Gasteiger partial charge in [-0.25, -0.2) is 4.79 Å². The largest absolute Gasteiger partial charge is 0.462 e. The van der Waals surface area contributed by atoms with Gasteiger partial charge in [0.1, 0.15) is 0 Å². The van der Waals surface area contributed by atoms with Crippen LogP contribution in [0.2, 0.25) is 0 Å². The van der Waals surface area contributed by atoms with E-state index in [1.165, 1.54) is 11.8 Å². The predicted octanol–water partition coefficient (Wildman–Crippen LogP) is 5.03. The minimum atomic E-state index is -0.399. The van der Waals surface area contributed by atoms with Crippen molar-refractivity contribution in [2.24, 2.45) is 0 Å². The third kappa shape index (κ3) is 6.18. The normalized spacial score (nSPS) is 10.7. The fraction of sp³-hybridized carbons (Fsp3) is 0.273. The molecule has 1 N–H and O–H groups in total. The summed E-state index contributed by atoms with van der Waals surface area (Å²) in [6.45, 7) is 5.00. The van der Waals surface area contributed by atoms with Crippen molar-refractivity contribution in [1.82, 2.24) is 14.8 Å². The molecule has 2 aromatic carbocycles. The van der Waals surface area contributed by atoms with Crippen molar-refractivity contribution in [3.63, 3.8) is 0 Å². The summed E-state index contributed by atoms with van der Waals surface area (Å²) in [5.41, 5.74) is 1.91. The molecule has 0 unspecified atom stereocenters. The number of aromatic nitrogens is 3. The summed E-state index contributed by atoms with van der Waals surface area (Å²) in [7, 11) is 0. The SMILES string of the molecule is CCCOC(=O)c1cccc(NC(=O)CSc2nnc(-c3ccc(Br)cc3)n2CC)c1. The monoisotopic (exact) mass is 502 g/mol. The summed E-state index contributed by atoms with van der Waals surface area (Å²) in [6, 6.07) is 14.6. The smallest absolute Gasteiger partial charge is 0.338 e. The van der Waals surface area contributed by atoms with Crippen LogP contribution in [0.4, 0.5) is 5.69 Å². The topological polar surface area (TPSA) is 86.1 Å². The molecule has 0 atom stereocenters. The second-order valence-electron chi connectivity index (χ2n) is 6.61. The number of anilines is 1. The quantitative estimate of drug-likeness (QED) is 0.326.